The number of nitrogens with one attached hydrogen (secondary N) is 2. The summed E-state index contributed by atoms with van der Waals surface area (Å²) in [6.07, 6.45) is 5.64. The fraction of sp³-hybridized carbons (Fsp3) is 0.500. The lowest BCUT2D eigenvalue weighted by Crippen LogP contribution is -2.38. The molecule has 1 aliphatic carbocycles. The number of aromatic nitrogens is 1. The summed E-state index contributed by atoms with van der Waals surface area (Å²) in [6.45, 7) is 4.34. The van der Waals surface area contributed by atoms with Crippen LogP contribution >= 0.6 is 35.3 Å². The number of rotatable bonds is 7. The van der Waals surface area contributed by atoms with E-state index in [0.717, 1.165) is 37.5 Å². The van der Waals surface area contributed by atoms with E-state index in [1.807, 2.05) is 35.6 Å². The Morgan fingerprint density at radius 2 is 2.10 bits per heavy atom. The zero-order valence-electron chi connectivity index (χ0n) is 18.0. The van der Waals surface area contributed by atoms with Gasteiger partial charge in [-0.15, -0.1) is 35.3 Å². The maximum absolute atomic E-state index is 11.8. The lowest BCUT2D eigenvalue weighted by molar-refractivity contribution is 0.0963. The van der Waals surface area contributed by atoms with E-state index >= 15 is 0 Å². The Hall–Kier alpha value is -1.68. The molecule has 1 aliphatic rings. The smallest absolute Gasteiger partial charge is 0.251 e. The summed E-state index contributed by atoms with van der Waals surface area (Å²) in [4.78, 5) is 25.1. The average Bonchev–Trinajstić information content (AvgIpc) is 3.15. The van der Waals surface area contributed by atoms with Gasteiger partial charge >= 0.3 is 0 Å². The van der Waals surface area contributed by atoms with Crippen LogP contribution in [0.1, 0.15) is 51.3 Å². The Morgan fingerprint density at radius 1 is 1.30 bits per heavy atom. The van der Waals surface area contributed by atoms with Crippen LogP contribution in [0.15, 0.2) is 29.3 Å². The fourth-order valence-electron chi connectivity index (χ4n) is 3.52. The number of benzene rings is 1. The number of aliphatic imine (C=N–C) groups is 1. The largest absolute Gasteiger partial charge is 0.357 e. The molecule has 1 heterocycles. The normalized spacial score (nSPS) is 13.2. The minimum Gasteiger partial charge on any atom is -0.357 e. The molecule has 3 rings (SSSR count). The van der Waals surface area contributed by atoms with Gasteiger partial charge in [0.2, 0.25) is 0 Å². The number of carbonyl (C=O) groups is 1. The highest BCUT2D eigenvalue weighted by Crippen LogP contribution is 2.27. The zero-order chi connectivity index (χ0) is 20.6. The molecule has 0 bridgehead atoms. The van der Waals surface area contributed by atoms with Gasteiger partial charge in [-0.1, -0.05) is 12.1 Å². The predicted octanol–water partition coefficient (Wildman–Crippen LogP) is 3.64. The van der Waals surface area contributed by atoms with Crippen LogP contribution in [0.4, 0.5) is 0 Å². The fourth-order valence-corrected chi connectivity index (χ4v) is 4.73. The second kappa shape index (κ2) is 12.2. The Bertz CT molecular complexity index is 843. The minimum atomic E-state index is -0.0606. The molecule has 164 valence electrons. The van der Waals surface area contributed by atoms with Gasteiger partial charge < -0.3 is 15.5 Å². The molecule has 1 aromatic heterocycles. The molecule has 0 fully saturated rings. The number of hydrogen-bond acceptors (Lipinski definition) is 4. The van der Waals surface area contributed by atoms with Gasteiger partial charge in [0.25, 0.3) is 5.91 Å². The maximum Gasteiger partial charge on any atom is 0.251 e. The molecule has 0 spiro atoms. The molecule has 0 aliphatic heterocycles. The molecule has 0 unspecified atom stereocenters. The second-order valence-corrected chi connectivity index (χ2v) is 8.47. The van der Waals surface area contributed by atoms with Crippen molar-refractivity contribution in [3.8, 4) is 0 Å². The predicted molar refractivity (Wildman–Crippen MR) is 135 cm³/mol. The van der Waals surface area contributed by atoms with Crippen LogP contribution in [-0.2, 0) is 25.8 Å². The van der Waals surface area contributed by atoms with Crippen molar-refractivity contribution in [3.05, 3.63) is 51.0 Å². The topological polar surface area (TPSA) is 69.6 Å². The summed E-state index contributed by atoms with van der Waals surface area (Å²) >= 11 is 1.85. The summed E-state index contributed by atoms with van der Waals surface area (Å²) in [5, 5.41) is 7.22. The van der Waals surface area contributed by atoms with Crippen LogP contribution in [0, 0.1) is 0 Å². The molecule has 8 heteroatoms. The van der Waals surface area contributed by atoms with Gasteiger partial charge in [0, 0.05) is 37.6 Å². The Labute approximate surface area is 200 Å². The maximum atomic E-state index is 11.8. The van der Waals surface area contributed by atoms with Gasteiger partial charge in [-0.2, -0.15) is 0 Å². The van der Waals surface area contributed by atoms with Crippen molar-refractivity contribution in [1.29, 1.82) is 0 Å². The number of halogens is 1. The molecule has 0 saturated heterocycles. The van der Waals surface area contributed by atoms with Crippen LogP contribution < -0.4 is 10.6 Å². The van der Waals surface area contributed by atoms with Gasteiger partial charge in [0.1, 0.15) is 5.01 Å². The molecule has 6 nitrogen and oxygen atoms in total. The van der Waals surface area contributed by atoms with E-state index in [4.69, 9.17) is 9.98 Å². The van der Waals surface area contributed by atoms with Crippen molar-refractivity contribution in [2.45, 2.75) is 45.6 Å². The highest BCUT2D eigenvalue weighted by Gasteiger charge is 2.17. The summed E-state index contributed by atoms with van der Waals surface area (Å²) in [6, 6.07) is 7.73. The number of thiazole rings is 1. The Kier molecular flexibility index (Phi) is 10.0. The van der Waals surface area contributed by atoms with E-state index in [2.05, 4.69) is 29.5 Å². The number of guanidine groups is 1. The van der Waals surface area contributed by atoms with Gasteiger partial charge in [0.05, 0.1) is 12.2 Å². The zero-order valence-corrected chi connectivity index (χ0v) is 21.2. The first-order chi connectivity index (χ1) is 14.1. The third-order valence-corrected chi connectivity index (χ3v) is 6.18. The molecule has 0 saturated carbocycles. The summed E-state index contributed by atoms with van der Waals surface area (Å²) in [5.41, 5.74) is 3.11. The van der Waals surface area contributed by atoms with Crippen molar-refractivity contribution in [3.63, 3.8) is 0 Å². The Balaban J connectivity index is 0.00000320. The third kappa shape index (κ3) is 6.66. The molecular formula is C22H32IN5OS. The van der Waals surface area contributed by atoms with E-state index in [1.54, 1.807) is 7.05 Å². The van der Waals surface area contributed by atoms with Crippen molar-refractivity contribution >= 4 is 47.2 Å². The molecular weight excluding hydrogens is 509 g/mol. The number of nitrogens with zero attached hydrogens (tertiary/aromatic N) is 3. The molecule has 30 heavy (non-hydrogen) atoms. The Morgan fingerprint density at radius 3 is 2.83 bits per heavy atom. The SMILES string of the molecule is CCNC(=NCCc1cccc(C(=O)NC)c1)N(C)Cc1nc2c(s1)CCCC2.I. The average molecular weight is 542 g/mol. The lowest BCUT2D eigenvalue weighted by Gasteiger charge is -2.21. The summed E-state index contributed by atoms with van der Waals surface area (Å²) < 4.78 is 0. The monoisotopic (exact) mass is 541 g/mol. The molecule has 2 aromatic rings. The molecule has 1 aromatic carbocycles. The van der Waals surface area contributed by atoms with Crippen LogP contribution in [-0.4, -0.2) is 48.9 Å². The highest BCUT2D eigenvalue weighted by atomic mass is 127. The van der Waals surface area contributed by atoms with Crippen LogP contribution in [0.3, 0.4) is 0 Å². The molecule has 0 radical (unpaired) electrons. The van der Waals surface area contributed by atoms with Crippen LogP contribution in [0.2, 0.25) is 0 Å². The van der Waals surface area contributed by atoms with Crippen LogP contribution in [0.25, 0.3) is 0 Å². The lowest BCUT2D eigenvalue weighted by atomic mass is 10.0. The van der Waals surface area contributed by atoms with Gasteiger partial charge in [0.15, 0.2) is 5.96 Å². The first-order valence-corrected chi connectivity index (χ1v) is 11.2. The minimum absolute atomic E-state index is 0. The van der Waals surface area contributed by atoms with E-state index in [-0.39, 0.29) is 29.9 Å². The number of hydrogen-bond donors (Lipinski definition) is 2. The van der Waals surface area contributed by atoms with Crippen molar-refractivity contribution in [2.75, 3.05) is 27.2 Å². The first-order valence-electron chi connectivity index (χ1n) is 10.4. The van der Waals surface area contributed by atoms with E-state index in [0.29, 0.717) is 12.1 Å². The molecule has 2 N–H and O–H groups in total. The van der Waals surface area contributed by atoms with Crippen molar-refractivity contribution < 1.29 is 4.79 Å². The summed E-state index contributed by atoms with van der Waals surface area (Å²) in [7, 11) is 3.71. The highest BCUT2D eigenvalue weighted by molar-refractivity contribution is 14.0. The number of amides is 1. The van der Waals surface area contributed by atoms with Gasteiger partial charge in [-0.3, -0.25) is 9.79 Å². The van der Waals surface area contributed by atoms with E-state index in [9.17, 15) is 4.79 Å². The summed E-state index contributed by atoms with van der Waals surface area (Å²) in [5.74, 6) is 0.831. The molecule has 0 atom stereocenters. The quantitative estimate of drug-likeness (QED) is 0.319. The van der Waals surface area contributed by atoms with E-state index in [1.165, 1.54) is 34.8 Å². The second-order valence-electron chi connectivity index (χ2n) is 7.31. The van der Waals surface area contributed by atoms with E-state index < -0.39 is 0 Å². The van der Waals surface area contributed by atoms with Gasteiger partial charge in [-0.05, 0) is 56.7 Å². The van der Waals surface area contributed by atoms with Crippen LogP contribution in [0.5, 0.6) is 0 Å². The van der Waals surface area contributed by atoms with Crippen molar-refractivity contribution in [1.82, 2.24) is 20.5 Å². The number of carbonyl (C=O) groups excluding carboxylic acids is 1. The van der Waals surface area contributed by atoms with Crippen molar-refractivity contribution in [2.24, 2.45) is 4.99 Å². The first kappa shape index (κ1) is 24.6. The van der Waals surface area contributed by atoms with Gasteiger partial charge in [-0.25, -0.2) is 4.98 Å². The number of aryl methyl sites for hydroxylation is 2. The third-order valence-electron chi connectivity index (χ3n) is 5.04. The standard InChI is InChI=1S/C22H31N5OS.HI/c1-4-24-22(25-13-12-16-8-7-9-17(14-16)21(28)23-2)27(3)15-20-26-18-10-5-6-11-19(18)29-20;/h7-9,14H,4-6,10-13,15H2,1-3H3,(H,23,28)(H,24,25);1H. The molecule has 1 amide bonds. The number of fused-ring (bicyclic) bond motifs is 1.